The van der Waals surface area contributed by atoms with E-state index in [1.807, 2.05) is 30.3 Å². The third-order valence-corrected chi connectivity index (χ3v) is 6.09. The molecule has 2 aromatic carbocycles. The molecule has 2 unspecified atom stereocenters. The first kappa shape index (κ1) is 20.4. The number of carboxylic acid groups (broad SMARTS) is 1. The predicted molar refractivity (Wildman–Crippen MR) is 113 cm³/mol. The van der Waals surface area contributed by atoms with Gasteiger partial charge < -0.3 is 15.2 Å². The number of hydrogen-bond donors (Lipinski definition) is 2. The van der Waals surface area contributed by atoms with Gasteiger partial charge in [-0.2, -0.15) is 5.26 Å². The summed E-state index contributed by atoms with van der Waals surface area (Å²) < 4.78 is 5.79. The molecule has 2 aromatic rings. The van der Waals surface area contributed by atoms with Gasteiger partial charge in [0.05, 0.1) is 6.07 Å². The number of nitrogens with zero attached hydrogens (tertiary/aromatic N) is 2. The molecule has 0 bridgehead atoms. The zero-order valence-electron chi connectivity index (χ0n) is 16.9. The van der Waals surface area contributed by atoms with Gasteiger partial charge in [-0.15, -0.1) is 0 Å². The minimum Gasteiger partial charge on any atom is -0.492 e. The van der Waals surface area contributed by atoms with E-state index in [9.17, 15) is 4.79 Å². The second kappa shape index (κ2) is 9.29. The van der Waals surface area contributed by atoms with Gasteiger partial charge in [0, 0.05) is 32.2 Å². The van der Waals surface area contributed by atoms with Crippen LogP contribution in [0.25, 0.3) is 0 Å². The van der Waals surface area contributed by atoms with E-state index in [1.165, 1.54) is 18.7 Å². The highest BCUT2D eigenvalue weighted by Crippen LogP contribution is 2.45. The van der Waals surface area contributed by atoms with E-state index >= 15 is 0 Å². The van der Waals surface area contributed by atoms with Gasteiger partial charge in [-0.05, 0) is 41.5 Å². The lowest BCUT2D eigenvalue weighted by Crippen LogP contribution is -2.33. The molecule has 0 radical (unpaired) electrons. The van der Waals surface area contributed by atoms with Crippen LogP contribution in [0.5, 0.6) is 5.75 Å². The van der Waals surface area contributed by atoms with Crippen molar-refractivity contribution in [1.29, 1.82) is 5.26 Å². The van der Waals surface area contributed by atoms with E-state index in [0.717, 1.165) is 36.2 Å². The Morgan fingerprint density at radius 1 is 1.13 bits per heavy atom. The summed E-state index contributed by atoms with van der Waals surface area (Å²) in [6.45, 7) is 4.78. The first-order chi connectivity index (χ1) is 14.6. The van der Waals surface area contributed by atoms with E-state index in [0.29, 0.717) is 12.6 Å². The van der Waals surface area contributed by atoms with Crippen molar-refractivity contribution >= 4 is 5.97 Å². The maximum atomic E-state index is 11.0. The maximum Gasteiger partial charge on any atom is 0.321 e. The second-order valence-electron chi connectivity index (χ2n) is 8.20. The van der Waals surface area contributed by atoms with Crippen LogP contribution in [0, 0.1) is 29.1 Å². The molecule has 1 aliphatic carbocycles. The van der Waals surface area contributed by atoms with E-state index in [-0.39, 0.29) is 6.42 Å². The Balaban J connectivity index is 1.12. The summed E-state index contributed by atoms with van der Waals surface area (Å²) in [6.07, 6.45) is 0.208. The first-order valence-corrected chi connectivity index (χ1v) is 10.5. The van der Waals surface area contributed by atoms with Gasteiger partial charge in [0.15, 0.2) is 0 Å². The molecular formula is C24H27N3O3. The zero-order chi connectivity index (χ0) is 20.9. The molecule has 0 amide bonds. The highest BCUT2D eigenvalue weighted by atomic mass is 16.5. The van der Waals surface area contributed by atoms with Crippen molar-refractivity contribution in [1.82, 2.24) is 10.2 Å². The van der Waals surface area contributed by atoms with Gasteiger partial charge >= 0.3 is 5.97 Å². The molecule has 4 atom stereocenters. The fraction of sp³-hybridized carbons (Fsp3) is 0.417. The van der Waals surface area contributed by atoms with Gasteiger partial charge in [0.1, 0.15) is 18.3 Å². The molecular weight excluding hydrogens is 378 g/mol. The SMILES string of the molecule is N#CC(Cc1ccc(OCCNC2[C@H]3CN(Cc4ccccc4)C[C@@H]23)cc1)C(=O)O. The quantitative estimate of drug-likeness (QED) is 0.591. The maximum absolute atomic E-state index is 11.0. The second-order valence-corrected chi connectivity index (χ2v) is 8.20. The molecule has 2 N–H and O–H groups in total. The number of carbonyl (C=O) groups is 1. The number of likely N-dealkylation sites (tertiary alicyclic amines) is 1. The Bertz CT molecular complexity index is 882. The molecule has 2 aliphatic rings. The van der Waals surface area contributed by atoms with Crippen molar-refractivity contribution in [3.05, 3.63) is 65.7 Å². The minimum absolute atomic E-state index is 0.208. The summed E-state index contributed by atoms with van der Waals surface area (Å²) in [6, 6.07) is 20.4. The first-order valence-electron chi connectivity index (χ1n) is 10.5. The van der Waals surface area contributed by atoms with Crippen molar-refractivity contribution in [2.45, 2.75) is 19.0 Å². The van der Waals surface area contributed by atoms with Crippen LogP contribution in [0.15, 0.2) is 54.6 Å². The number of hydrogen-bond acceptors (Lipinski definition) is 5. The Morgan fingerprint density at radius 3 is 2.47 bits per heavy atom. The molecule has 4 rings (SSSR count). The fourth-order valence-corrected chi connectivity index (χ4v) is 4.43. The minimum atomic E-state index is -1.09. The molecule has 30 heavy (non-hydrogen) atoms. The van der Waals surface area contributed by atoms with Crippen molar-refractivity contribution in [3.63, 3.8) is 0 Å². The van der Waals surface area contributed by atoms with Gasteiger partial charge in [-0.3, -0.25) is 9.69 Å². The zero-order valence-corrected chi connectivity index (χ0v) is 16.9. The summed E-state index contributed by atoms with van der Waals surface area (Å²) >= 11 is 0. The Hall–Kier alpha value is -2.88. The molecule has 2 fully saturated rings. The van der Waals surface area contributed by atoms with Crippen LogP contribution in [-0.4, -0.2) is 48.3 Å². The summed E-state index contributed by atoms with van der Waals surface area (Å²) in [5.74, 6) is 0.180. The van der Waals surface area contributed by atoms with Crippen LogP contribution in [0.4, 0.5) is 0 Å². The highest BCUT2D eigenvalue weighted by Gasteiger charge is 2.55. The van der Waals surface area contributed by atoms with Crippen LogP contribution in [0.3, 0.4) is 0 Å². The third-order valence-electron chi connectivity index (χ3n) is 6.09. The lowest BCUT2D eigenvalue weighted by molar-refractivity contribution is -0.139. The number of fused-ring (bicyclic) bond motifs is 1. The van der Waals surface area contributed by atoms with Crippen molar-refractivity contribution in [2.75, 3.05) is 26.2 Å². The van der Waals surface area contributed by atoms with E-state index in [1.54, 1.807) is 0 Å². The lowest BCUT2D eigenvalue weighted by atomic mass is 10.0. The summed E-state index contributed by atoms with van der Waals surface area (Å²) in [4.78, 5) is 13.5. The standard InChI is InChI=1S/C24H27N3O3/c25-13-19(24(28)29)12-17-6-8-20(9-7-17)30-11-10-26-23-21-15-27(16-22(21)23)14-18-4-2-1-3-5-18/h1-9,19,21-23,26H,10-12,14-16H2,(H,28,29)/t19?,21-,22+,23?. The Labute approximate surface area is 177 Å². The predicted octanol–water partition coefficient (Wildman–Crippen LogP) is 2.55. The number of piperidine rings is 1. The normalized spacial score (nSPS) is 23.4. The molecule has 0 aromatic heterocycles. The molecule has 1 saturated heterocycles. The number of nitriles is 1. The van der Waals surface area contributed by atoms with E-state index in [2.05, 4.69) is 40.5 Å². The van der Waals surface area contributed by atoms with Gasteiger partial charge in [-0.1, -0.05) is 42.5 Å². The van der Waals surface area contributed by atoms with E-state index < -0.39 is 11.9 Å². The van der Waals surface area contributed by atoms with Crippen LogP contribution in [-0.2, 0) is 17.8 Å². The third kappa shape index (κ3) is 4.99. The molecule has 1 heterocycles. The topological polar surface area (TPSA) is 85.6 Å². The molecule has 6 nitrogen and oxygen atoms in total. The molecule has 6 heteroatoms. The molecule has 156 valence electrons. The molecule has 1 saturated carbocycles. The van der Waals surface area contributed by atoms with Crippen molar-refractivity contribution in [3.8, 4) is 11.8 Å². The van der Waals surface area contributed by atoms with Crippen LogP contribution < -0.4 is 10.1 Å². The monoisotopic (exact) mass is 405 g/mol. The number of aliphatic carboxylic acids is 1. The number of rotatable bonds is 10. The van der Waals surface area contributed by atoms with Crippen LogP contribution in [0.2, 0.25) is 0 Å². The fourth-order valence-electron chi connectivity index (χ4n) is 4.43. The average Bonchev–Trinajstić information content (AvgIpc) is 3.21. The largest absolute Gasteiger partial charge is 0.492 e. The number of nitrogens with one attached hydrogen (secondary N) is 1. The number of ether oxygens (including phenoxy) is 1. The Kier molecular flexibility index (Phi) is 6.32. The smallest absolute Gasteiger partial charge is 0.321 e. The number of benzene rings is 2. The lowest BCUT2D eigenvalue weighted by Gasteiger charge is -2.20. The highest BCUT2D eigenvalue weighted by molar-refractivity contribution is 5.73. The van der Waals surface area contributed by atoms with E-state index in [4.69, 9.17) is 15.1 Å². The van der Waals surface area contributed by atoms with Gasteiger partial charge in [0.25, 0.3) is 0 Å². The van der Waals surface area contributed by atoms with Crippen LogP contribution in [0.1, 0.15) is 11.1 Å². The van der Waals surface area contributed by atoms with Crippen molar-refractivity contribution < 1.29 is 14.6 Å². The Morgan fingerprint density at radius 2 is 1.83 bits per heavy atom. The summed E-state index contributed by atoms with van der Waals surface area (Å²) in [7, 11) is 0. The molecule has 0 spiro atoms. The van der Waals surface area contributed by atoms with Gasteiger partial charge in [-0.25, -0.2) is 0 Å². The molecule has 1 aliphatic heterocycles. The van der Waals surface area contributed by atoms with Gasteiger partial charge in [0.2, 0.25) is 0 Å². The summed E-state index contributed by atoms with van der Waals surface area (Å²) in [5.41, 5.74) is 2.20. The summed E-state index contributed by atoms with van der Waals surface area (Å²) in [5, 5.41) is 21.5. The van der Waals surface area contributed by atoms with Crippen LogP contribution >= 0.6 is 0 Å². The number of carboxylic acids is 1. The average molecular weight is 405 g/mol. The van der Waals surface area contributed by atoms with Crippen molar-refractivity contribution in [2.24, 2.45) is 17.8 Å².